The molecule has 0 unspecified atom stereocenters. The molecule has 9 heteroatoms. The number of rotatable bonds is 7. The number of nitrogens with zero attached hydrogens (tertiary/aromatic N) is 4. The fourth-order valence-corrected chi connectivity index (χ4v) is 3.69. The highest BCUT2D eigenvalue weighted by molar-refractivity contribution is 7.09. The van der Waals surface area contributed by atoms with E-state index >= 15 is 0 Å². The molecule has 4 rings (SSSR count). The third-order valence-electron chi connectivity index (χ3n) is 4.71. The molecule has 2 aromatic heterocycles. The van der Waals surface area contributed by atoms with Gasteiger partial charge in [-0.15, -0.1) is 11.3 Å². The summed E-state index contributed by atoms with van der Waals surface area (Å²) in [5.74, 6) is -0.268. The minimum atomic E-state index is -0.459. The van der Waals surface area contributed by atoms with Crippen molar-refractivity contribution in [3.8, 4) is 16.9 Å². The van der Waals surface area contributed by atoms with Crippen molar-refractivity contribution in [2.75, 3.05) is 6.54 Å². The Morgan fingerprint density at radius 2 is 1.87 bits per heavy atom. The number of amides is 1. The maximum absolute atomic E-state index is 12.4. The number of carbonyl (C=O) groups excluding carboxylic acids is 1. The van der Waals surface area contributed by atoms with Gasteiger partial charge in [-0.25, -0.2) is 9.67 Å². The largest absolute Gasteiger partial charge is 0.350 e. The van der Waals surface area contributed by atoms with E-state index in [0.717, 1.165) is 21.8 Å². The van der Waals surface area contributed by atoms with E-state index in [1.54, 1.807) is 35.7 Å². The molecule has 4 aromatic rings. The van der Waals surface area contributed by atoms with Gasteiger partial charge in [-0.1, -0.05) is 24.3 Å². The van der Waals surface area contributed by atoms with Crippen molar-refractivity contribution in [3.05, 3.63) is 92.6 Å². The predicted molar refractivity (Wildman–Crippen MR) is 119 cm³/mol. The Hall–Kier alpha value is -3.85. The fourth-order valence-electron chi connectivity index (χ4n) is 3.07. The summed E-state index contributed by atoms with van der Waals surface area (Å²) in [5.41, 5.74) is 4.10. The normalized spacial score (nSPS) is 10.7. The van der Waals surface area contributed by atoms with Crippen molar-refractivity contribution in [2.45, 2.75) is 13.3 Å². The van der Waals surface area contributed by atoms with Gasteiger partial charge >= 0.3 is 0 Å². The standard InChI is InChI=1S/C22H19N5O3S/c1-15-24-21(14-31-15)17-4-2-16(3-5-17)10-12-23-22(28)20-11-13-26(25-20)18-6-8-19(9-7-18)27(29)30/h2-9,11,13-14H,10,12H2,1H3,(H,23,28). The Kier molecular flexibility index (Phi) is 5.85. The van der Waals surface area contributed by atoms with Crippen LogP contribution >= 0.6 is 11.3 Å². The topological polar surface area (TPSA) is 103 Å². The Morgan fingerprint density at radius 1 is 1.13 bits per heavy atom. The van der Waals surface area contributed by atoms with Crippen molar-refractivity contribution >= 4 is 22.9 Å². The van der Waals surface area contributed by atoms with Gasteiger partial charge in [-0.2, -0.15) is 5.10 Å². The van der Waals surface area contributed by atoms with E-state index in [-0.39, 0.29) is 17.3 Å². The van der Waals surface area contributed by atoms with Crippen LogP contribution in [0.4, 0.5) is 5.69 Å². The lowest BCUT2D eigenvalue weighted by Gasteiger charge is -2.05. The van der Waals surface area contributed by atoms with Gasteiger partial charge < -0.3 is 5.32 Å². The average Bonchev–Trinajstić information content (AvgIpc) is 3.44. The molecule has 1 amide bonds. The molecule has 0 aliphatic carbocycles. The Balaban J connectivity index is 1.31. The van der Waals surface area contributed by atoms with Gasteiger partial charge in [-0.05, 0) is 37.1 Å². The molecule has 0 radical (unpaired) electrons. The zero-order valence-corrected chi connectivity index (χ0v) is 17.5. The second-order valence-corrected chi connectivity index (χ2v) is 7.94. The van der Waals surface area contributed by atoms with E-state index in [2.05, 4.69) is 15.4 Å². The van der Waals surface area contributed by atoms with Crippen LogP contribution in [0.1, 0.15) is 21.1 Å². The number of aryl methyl sites for hydroxylation is 1. The molecule has 31 heavy (non-hydrogen) atoms. The summed E-state index contributed by atoms with van der Waals surface area (Å²) in [6, 6.07) is 15.7. The van der Waals surface area contributed by atoms with Crippen LogP contribution in [0.5, 0.6) is 0 Å². The lowest BCUT2D eigenvalue weighted by molar-refractivity contribution is -0.384. The molecule has 0 spiro atoms. The van der Waals surface area contributed by atoms with Crippen molar-refractivity contribution in [2.24, 2.45) is 0 Å². The van der Waals surface area contributed by atoms with Crippen molar-refractivity contribution in [1.29, 1.82) is 0 Å². The molecule has 1 N–H and O–H groups in total. The highest BCUT2D eigenvalue weighted by atomic mass is 32.1. The van der Waals surface area contributed by atoms with E-state index < -0.39 is 4.92 Å². The summed E-state index contributed by atoms with van der Waals surface area (Å²) in [7, 11) is 0. The van der Waals surface area contributed by atoms with Crippen LogP contribution in [0, 0.1) is 17.0 Å². The number of hydrogen-bond donors (Lipinski definition) is 1. The zero-order chi connectivity index (χ0) is 21.8. The van der Waals surface area contributed by atoms with Crippen LogP contribution in [0.2, 0.25) is 0 Å². The Labute approximate surface area is 182 Å². The zero-order valence-electron chi connectivity index (χ0n) is 16.7. The van der Waals surface area contributed by atoms with Crippen LogP contribution in [0.25, 0.3) is 16.9 Å². The molecule has 0 saturated heterocycles. The summed E-state index contributed by atoms with van der Waals surface area (Å²) in [5, 5.41) is 21.0. The van der Waals surface area contributed by atoms with Crippen molar-refractivity contribution in [1.82, 2.24) is 20.1 Å². The first-order valence-electron chi connectivity index (χ1n) is 9.60. The molecule has 2 aromatic carbocycles. The SMILES string of the molecule is Cc1nc(-c2ccc(CCNC(=O)c3ccn(-c4ccc([N+](=O)[O-])cc4)n3)cc2)cs1. The van der Waals surface area contributed by atoms with E-state index in [9.17, 15) is 14.9 Å². The minimum Gasteiger partial charge on any atom is -0.350 e. The maximum atomic E-state index is 12.4. The monoisotopic (exact) mass is 433 g/mol. The van der Waals surface area contributed by atoms with E-state index in [4.69, 9.17) is 0 Å². The fraction of sp³-hybridized carbons (Fsp3) is 0.136. The van der Waals surface area contributed by atoms with Gasteiger partial charge in [0.15, 0.2) is 5.69 Å². The van der Waals surface area contributed by atoms with Crippen LogP contribution in [-0.4, -0.2) is 32.1 Å². The summed E-state index contributed by atoms with van der Waals surface area (Å²) in [4.78, 5) is 27.2. The summed E-state index contributed by atoms with van der Waals surface area (Å²) < 4.78 is 1.51. The molecule has 0 aliphatic rings. The first kappa shape index (κ1) is 20.4. The lowest BCUT2D eigenvalue weighted by atomic mass is 10.1. The molecule has 0 aliphatic heterocycles. The highest BCUT2D eigenvalue weighted by Crippen LogP contribution is 2.22. The first-order valence-corrected chi connectivity index (χ1v) is 10.5. The number of nitro benzene ring substituents is 1. The van der Waals surface area contributed by atoms with Gasteiger partial charge in [0.05, 0.1) is 21.3 Å². The Morgan fingerprint density at radius 3 is 2.52 bits per heavy atom. The second kappa shape index (κ2) is 8.88. The molecular formula is C22H19N5O3S. The Bertz CT molecular complexity index is 1210. The van der Waals surface area contributed by atoms with E-state index in [1.807, 2.05) is 36.6 Å². The predicted octanol–water partition coefficient (Wildman–Crippen LogP) is 4.18. The number of thiazole rings is 1. The summed E-state index contributed by atoms with van der Waals surface area (Å²) in [6.45, 7) is 2.47. The molecule has 8 nitrogen and oxygen atoms in total. The lowest BCUT2D eigenvalue weighted by Crippen LogP contribution is -2.26. The number of aromatic nitrogens is 3. The third-order valence-corrected chi connectivity index (χ3v) is 5.49. The summed E-state index contributed by atoms with van der Waals surface area (Å²) in [6.07, 6.45) is 2.35. The first-order chi connectivity index (χ1) is 15.0. The van der Waals surface area contributed by atoms with Gasteiger partial charge in [0.2, 0.25) is 0 Å². The number of non-ortho nitro benzene ring substituents is 1. The molecule has 156 valence electrons. The molecule has 0 fully saturated rings. The third kappa shape index (κ3) is 4.84. The molecule has 0 saturated carbocycles. The highest BCUT2D eigenvalue weighted by Gasteiger charge is 2.11. The van der Waals surface area contributed by atoms with Crippen molar-refractivity contribution < 1.29 is 9.72 Å². The molecule has 2 heterocycles. The number of nitro groups is 1. The number of benzene rings is 2. The minimum absolute atomic E-state index is 0.00334. The van der Waals surface area contributed by atoms with E-state index in [1.165, 1.54) is 16.8 Å². The maximum Gasteiger partial charge on any atom is 0.271 e. The van der Waals surface area contributed by atoms with Gasteiger partial charge in [0, 0.05) is 35.8 Å². The molecule has 0 bridgehead atoms. The van der Waals surface area contributed by atoms with Crippen LogP contribution in [0.3, 0.4) is 0 Å². The quantitative estimate of drug-likeness (QED) is 0.348. The summed E-state index contributed by atoms with van der Waals surface area (Å²) >= 11 is 1.63. The smallest absolute Gasteiger partial charge is 0.271 e. The number of nitrogens with one attached hydrogen (secondary N) is 1. The van der Waals surface area contributed by atoms with Gasteiger partial charge in [0.1, 0.15) is 0 Å². The number of carbonyl (C=O) groups is 1. The van der Waals surface area contributed by atoms with Gasteiger partial charge in [-0.3, -0.25) is 14.9 Å². The number of hydrogen-bond acceptors (Lipinski definition) is 6. The second-order valence-electron chi connectivity index (χ2n) is 6.87. The van der Waals surface area contributed by atoms with Crippen molar-refractivity contribution in [3.63, 3.8) is 0 Å². The van der Waals surface area contributed by atoms with E-state index in [0.29, 0.717) is 18.7 Å². The molecule has 0 atom stereocenters. The molecular weight excluding hydrogens is 414 g/mol. The van der Waals surface area contributed by atoms with Crippen LogP contribution < -0.4 is 5.32 Å². The van der Waals surface area contributed by atoms with Crippen LogP contribution in [-0.2, 0) is 6.42 Å². The average molecular weight is 433 g/mol. The van der Waals surface area contributed by atoms with Crippen LogP contribution in [0.15, 0.2) is 66.2 Å². The van der Waals surface area contributed by atoms with Gasteiger partial charge in [0.25, 0.3) is 11.6 Å².